The number of nitrogens with one attached hydrogen (secondary N) is 1. The van der Waals surface area contributed by atoms with E-state index in [1.807, 2.05) is 43.4 Å². The van der Waals surface area contributed by atoms with Crippen molar-refractivity contribution in [2.45, 2.75) is 32.7 Å². The van der Waals surface area contributed by atoms with Gasteiger partial charge in [-0.25, -0.2) is 0 Å². The molecule has 0 fully saturated rings. The lowest BCUT2D eigenvalue weighted by molar-refractivity contribution is -0.384. The van der Waals surface area contributed by atoms with E-state index in [1.165, 1.54) is 18.2 Å². The minimum absolute atomic E-state index is 0.00861. The maximum Gasteiger partial charge on any atom is 0.270 e. The number of halogens is 1. The van der Waals surface area contributed by atoms with Gasteiger partial charge in [-0.15, -0.1) is 0 Å². The molecule has 0 atom stereocenters. The topological polar surface area (TPSA) is 72.2 Å². The van der Waals surface area contributed by atoms with Crippen LogP contribution in [0.2, 0.25) is 0 Å². The minimum Gasteiger partial charge on any atom is -0.347 e. The summed E-state index contributed by atoms with van der Waals surface area (Å²) in [6, 6.07) is 4.23. The normalized spacial score (nSPS) is 11.1. The first-order valence-corrected chi connectivity index (χ1v) is 6.61. The third-order valence-electron chi connectivity index (χ3n) is 2.74. The number of nitro groups is 1. The molecule has 0 heterocycles. The van der Waals surface area contributed by atoms with Crippen molar-refractivity contribution in [1.82, 2.24) is 5.32 Å². The summed E-state index contributed by atoms with van der Waals surface area (Å²) in [5.74, 6) is -0.207. The number of nitrogens with zero attached hydrogens (tertiary/aromatic N) is 1. The molecular formula is C12H15IN2O3. The lowest BCUT2D eigenvalue weighted by Crippen LogP contribution is -2.43. The third kappa shape index (κ3) is 3.66. The van der Waals surface area contributed by atoms with E-state index in [9.17, 15) is 14.9 Å². The number of nitro benzene ring substituents is 1. The van der Waals surface area contributed by atoms with Crippen molar-refractivity contribution in [3.05, 3.63) is 37.4 Å². The fourth-order valence-corrected chi connectivity index (χ4v) is 2.01. The molecule has 0 radical (unpaired) electrons. The summed E-state index contributed by atoms with van der Waals surface area (Å²) in [6.45, 7) is 5.85. The summed E-state index contributed by atoms with van der Waals surface area (Å²) in [5.41, 5.74) is 0.163. The summed E-state index contributed by atoms with van der Waals surface area (Å²) < 4.78 is 0.575. The molecule has 0 aromatic heterocycles. The van der Waals surface area contributed by atoms with Gasteiger partial charge in [-0.3, -0.25) is 14.9 Å². The lowest BCUT2D eigenvalue weighted by atomic mass is 10.0. The third-order valence-corrected chi connectivity index (χ3v) is 3.64. The summed E-state index contributed by atoms with van der Waals surface area (Å²) in [7, 11) is 0. The first kappa shape index (κ1) is 14.9. The molecule has 1 aromatic rings. The lowest BCUT2D eigenvalue weighted by Gasteiger charge is -2.24. The molecule has 18 heavy (non-hydrogen) atoms. The number of carbonyl (C=O) groups excluding carboxylic acids is 1. The molecule has 0 saturated carbocycles. The van der Waals surface area contributed by atoms with Gasteiger partial charge in [0.15, 0.2) is 0 Å². The molecule has 0 unspecified atom stereocenters. The largest absolute Gasteiger partial charge is 0.347 e. The predicted molar refractivity (Wildman–Crippen MR) is 77.6 cm³/mol. The van der Waals surface area contributed by atoms with Crippen LogP contribution in [0.1, 0.15) is 37.6 Å². The smallest absolute Gasteiger partial charge is 0.270 e. The second kappa shape index (κ2) is 5.64. The second-order valence-corrected chi connectivity index (χ2v) is 5.78. The molecule has 98 valence electrons. The summed E-state index contributed by atoms with van der Waals surface area (Å²) in [5, 5.41) is 13.5. The number of hydrogen-bond donors (Lipinski definition) is 1. The SMILES string of the molecule is CCC(C)(C)NC(=O)c1ccc([N+](=O)[O-])cc1I. The van der Waals surface area contributed by atoms with E-state index in [0.29, 0.717) is 9.13 Å². The zero-order chi connectivity index (χ0) is 13.9. The Kier molecular flexibility index (Phi) is 4.66. The van der Waals surface area contributed by atoms with Gasteiger partial charge < -0.3 is 5.32 Å². The number of rotatable bonds is 4. The average molecular weight is 362 g/mol. The van der Waals surface area contributed by atoms with Crippen molar-refractivity contribution in [3.8, 4) is 0 Å². The van der Waals surface area contributed by atoms with E-state index in [4.69, 9.17) is 0 Å². The molecule has 0 aliphatic carbocycles. The van der Waals surface area contributed by atoms with Crippen molar-refractivity contribution in [2.75, 3.05) is 0 Å². The highest BCUT2D eigenvalue weighted by atomic mass is 127. The van der Waals surface area contributed by atoms with E-state index in [1.54, 1.807) is 0 Å². The van der Waals surface area contributed by atoms with Crippen LogP contribution in [0.3, 0.4) is 0 Å². The quantitative estimate of drug-likeness (QED) is 0.508. The summed E-state index contributed by atoms with van der Waals surface area (Å²) >= 11 is 1.93. The maximum absolute atomic E-state index is 12.0. The number of amides is 1. The van der Waals surface area contributed by atoms with Gasteiger partial charge in [-0.05, 0) is 48.9 Å². The van der Waals surface area contributed by atoms with Crippen LogP contribution in [-0.4, -0.2) is 16.4 Å². The van der Waals surface area contributed by atoms with Gasteiger partial charge in [0.2, 0.25) is 0 Å². The molecule has 0 spiro atoms. The van der Waals surface area contributed by atoms with Crippen LogP contribution in [0.5, 0.6) is 0 Å². The van der Waals surface area contributed by atoms with Crippen LogP contribution < -0.4 is 5.32 Å². The fraction of sp³-hybridized carbons (Fsp3) is 0.417. The van der Waals surface area contributed by atoms with Crippen LogP contribution in [-0.2, 0) is 0 Å². The molecule has 1 aromatic carbocycles. The molecule has 6 heteroatoms. The summed E-state index contributed by atoms with van der Waals surface area (Å²) in [6.07, 6.45) is 0.808. The monoisotopic (exact) mass is 362 g/mol. The van der Waals surface area contributed by atoms with E-state index in [2.05, 4.69) is 5.32 Å². The van der Waals surface area contributed by atoms with E-state index in [-0.39, 0.29) is 17.1 Å². The predicted octanol–water partition coefficient (Wildman–Crippen LogP) is 3.12. The molecule has 1 amide bonds. The molecule has 0 saturated heterocycles. The number of carbonyl (C=O) groups is 1. The fourth-order valence-electron chi connectivity index (χ4n) is 1.26. The van der Waals surface area contributed by atoms with Gasteiger partial charge in [0.1, 0.15) is 0 Å². The first-order valence-electron chi connectivity index (χ1n) is 5.53. The van der Waals surface area contributed by atoms with Crippen LogP contribution in [0.15, 0.2) is 18.2 Å². The Hall–Kier alpha value is -1.18. The zero-order valence-electron chi connectivity index (χ0n) is 10.5. The minimum atomic E-state index is -0.472. The van der Waals surface area contributed by atoms with Gasteiger partial charge in [-0.1, -0.05) is 6.92 Å². The van der Waals surface area contributed by atoms with E-state index >= 15 is 0 Å². The van der Waals surface area contributed by atoms with Crippen molar-refractivity contribution in [3.63, 3.8) is 0 Å². The van der Waals surface area contributed by atoms with Crippen LogP contribution in [0.25, 0.3) is 0 Å². The van der Waals surface area contributed by atoms with Gasteiger partial charge in [0.05, 0.1) is 10.5 Å². The Morgan fingerprint density at radius 1 is 1.50 bits per heavy atom. The van der Waals surface area contributed by atoms with E-state index < -0.39 is 4.92 Å². The second-order valence-electron chi connectivity index (χ2n) is 4.61. The number of non-ortho nitro benzene ring substituents is 1. The van der Waals surface area contributed by atoms with Gasteiger partial charge >= 0.3 is 0 Å². The standard InChI is InChI=1S/C12H15IN2O3/c1-4-12(2,3)14-11(16)9-6-5-8(15(17)18)7-10(9)13/h5-7H,4H2,1-3H3,(H,14,16). The average Bonchev–Trinajstić information content (AvgIpc) is 2.28. The van der Waals surface area contributed by atoms with Crippen molar-refractivity contribution >= 4 is 34.2 Å². The molecule has 1 N–H and O–H groups in total. The van der Waals surface area contributed by atoms with Gasteiger partial charge in [-0.2, -0.15) is 0 Å². The van der Waals surface area contributed by atoms with Gasteiger partial charge in [0.25, 0.3) is 11.6 Å². The molecule has 0 aliphatic heterocycles. The molecule has 1 rings (SSSR count). The number of hydrogen-bond acceptors (Lipinski definition) is 3. The Bertz CT molecular complexity index is 486. The Morgan fingerprint density at radius 2 is 2.11 bits per heavy atom. The molecule has 0 bridgehead atoms. The highest BCUT2D eigenvalue weighted by molar-refractivity contribution is 14.1. The van der Waals surface area contributed by atoms with Crippen LogP contribution in [0.4, 0.5) is 5.69 Å². The zero-order valence-corrected chi connectivity index (χ0v) is 12.6. The van der Waals surface area contributed by atoms with Crippen molar-refractivity contribution < 1.29 is 9.72 Å². The van der Waals surface area contributed by atoms with Crippen LogP contribution in [0, 0.1) is 13.7 Å². The van der Waals surface area contributed by atoms with Crippen LogP contribution >= 0.6 is 22.6 Å². The summed E-state index contributed by atoms with van der Waals surface area (Å²) in [4.78, 5) is 22.2. The molecule has 5 nitrogen and oxygen atoms in total. The number of benzene rings is 1. The highest BCUT2D eigenvalue weighted by Crippen LogP contribution is 2.20. The van der Waals surface area contributed by atoms with Crippen molar-refractivity contribution in [2.24, 2.45) is 0 Å². The maximum atomic E-state index is 12.0. The first-order chi connectivity index (χ1) is 8.26. The Morgan fingerprint density at radius 3 is 2.56 bits per heavy atom. The van der Waals surface area contributed by atoms with E-state index in [0.717, 1.165) is 6.42 Å². The Labute approximate surface area is 119 Å². The Balaban J connectivity index is 2.97. The van der Waals surface area contributed by atoms with Gasteiger partial charge in [0, 0.05) is 21.2 Å². The van der Waals surface area contributed by atoms with Crippen molar-refractivity contribution in [1.29, 1.82) is 0 Å². The highest BCUT2D eigenvalue weighted by Gasteiger charge is 2.21. The molecule has 0 aliphatic rings. The molecular weight excluding hydrogens is 347 g/mol.